The predicted molar refractivity (Wildman–Crippen MR) is 48.3 cm³/mol. The van der Waals surface area contributed by atoms with E-state index in [0.717, 1.165) is 24.3 Å². The summed E-state index contributed by atoms with van der Waals surface area (Å²) in [6.07, 6.45) is 1.28. The number of hydrogen-bond acceptors (Lipinski definition) is 3. The van der Waals surface area contributed by atoms with Gasteiger partial charge in [0.1, 0.15) is 0 Å². The summed E-state index contributed by atoms with van der Waals surface area (Å²) in [6, 6.07) is 0. The van der Waals surface area contributed by atoms with Crippen molar-refractivity contribution in [2.24, 2.45) is 5.92 Å². The average Bonchev–Trinajstić information content (AvgIpc) is 2.16. The Labute approximate surface area is 76.2 Å². The fraction of sp³-hybridized carbons (Fsp3) is 0.875. The second-order valence-electron chi connectivity index (χ2n) is 3.12. The summed E-state index contributed by atoms with van der Waals surface area (Å²) in [7, 11) is 0. The molecule has 1 rings (SSSR count). The standard InChI is InChI=1S/C8H14O3S/c9-7-2-4-12-3-1-6(7)5-8(10)11/h6-7,9H,1-5H2,(H,10,11)/t6-,7+/m1/s1. The van der Waals surface area contributed by atoms with Crippen LogP contribution in [0.4, 0.5) is 0 Å². The number of carboxylic acid groups (broad SMARTS) is 1. The fourth-order valence-electron chi connectivity index (χ4n) is 1.43. The van der Waals surface area contributed by atoms with Crippen LogP contribution in [0.15, 0.2) is 0 Å². The molecule has 0 saturated carbocycles. The van der Waals surface area contributed by atoms with Crippen LogP contribution in [0.1, 0.15) is 19.3 Å². The highest BCUT2D eigenvalue weighted by molar-refractivity contribution is 7.99. The van der Waals surface area contributed by atoms with Crippen LogP contribution < -0.4 is 0 Å². The Balaban J connectivity index is 2.41. The minimum atomic E-state index is -0.800. The van der Waals surface area contributed by atoms with E-state index in [9.17, 15) is 9.90 Å². The second kappa shape index (κ2) is 4.72. The second-order valence-corrected chi connectivity index (χ2v) is 4.34. The highest BCUT2D eigenvalue weighted by Crippen LogP contribution is 2.24. The van der Waals surface area contributed by atoms with Crippen LogP contribution in [-0.2, 0) is 4.79 Å². The topological polar surface area (TPSA) is 57.5 Å². The number of thioether (sulfide) groups is 1. The Morgan fingerprint density at radius 1 is 1.42 bits per heavy atom. The maximum atomic E-state index is 10.4. The van der Waals surface area contributed by atoms with Crippen molar-refractivity contribution in [2.45, 2.75) is 25.4 Å². The third-order valence-electron chi connectivity index (χ3n) is 2.17. The van der Waals surface area contributed by atoms with Gasteiger partial charge < -0.3 is 10.2 Å². The van der Waals surface area contributed by atoms with Crippen LogP contribution in [-0.4, -0.2) is 33.8 Å². The normalized spacial score (nSPS) is 31.1. The molecular formula is C8H14O3S. The molecule has 2 N–H and O–H groups in total. The number of aliphatic hydroxyl groups excluding tert-OH is 1. The number of carbonyl (C=O) groups is 1. The average molecular weight is 190 g/mol. The molecule has 0 aromatic rings. The molecule has 0 spiro atoms. The first-order valence-corrected chi connectivity index (χ1v) is 5.33. The van der Waals surface area contributed by atoms with Gasteiger partial charge in [0.05, 0.1) is 12.5 Å². The third-order valence-corrected chi connectivity index (χ3v) is 3.22. The first-order chi connectivity index (χ1) is 5.70. The van der Waals surface area contributed by atoms with Crippen LogP contribution >= 0.6 is 11.8 Å². The molecule has 4 heteroatoms. The Morgan fingerprint density at radius 2 is 2.08 bits per heavy atom. The molecule has 1 heterocycles. The Bertz CT molecular complexity index is 160. The zero-order valence-corrected chi connectivity index (χ0v) is 7.72. The molecule has 1 aliphatic rings. The van der Waals surface area contributed by atoms with E-state index >= 15 is 0 Å². The van der Waals surface area contributed by atoms with E-state index in [1.165, 1.54) is 0 Å². The number of hydrogen-bond donors (Lipinski definition) is 2. The van der Waals surface area contributed by atoms with Crippen molar-refractivity contribution < 1.29 is 15.0 Å². The minimum absolute atomic E-state index is 0.0301. The van der Waals surface area contributed by atoms with Gasteiger partial charge in [0.2, 0.25) is 0 Å². The molecule has 0 amide bonds. The first-order valence-electron chi connectivity index (χ1n) is 4.17. The summed E-state index contributed by atoms with van der Waals surface area (Å²) in [6.45, 7) is 0. The largest absolute Gasteiger partial charge is 0.481 e. The molecule has 2 atom stereocenters. The maximum absolute atomic E-state index is 10.4. The lowest BCUT2D eigenvalue weighted by Gasteiger charge is -2.17. The van der Waals surface area contributed by atoms with Crippen molar-refractivity contribution in [3.05, 3.63) is 0 Å². The minimum Gasteiger partial charge on any atom is -0.481 e. The Hall–Kier alpha value is -0.220. The van der Waals surface area contributed by atoms with Crippen molar-refractivity contribution in [1.29, 1.82) is 0 Å². The molecule has 1 aliphatic heterocycles. The Kier molecular flexibility index (Phi) is 3.88. The van der Waals surface area contributed by atoms with Crippen molar-refractivity contribution in [3.8, 4) is 0 Å². The molecule has 0 aromatic heterocycles. The summed E-state index contributed by atoms with van der Waals surface area (Å²) < 4.78 is 0. The van der Waals surface area contributed by atoms with Gasteiger partial charge in [-0.25, -0.2) is 0 Å². The number of aliphatic hydroxyl groups is 1. The smallest absolute Gasteiger partial charge is 0.303 e. The third kappa shape index (κ3) is 3.03. The van der Waals surface area contributed by atoms with Crippen molar-refractivity contribution in [3.63, 3.8) is 0 Å². The van der Waals surface area contributed by atoms with Gasteiger partial charge in [-0.3, -0.25) is 4.79 Å². The van der Waals surface area contributed by atoms with E-state index < -0.39 is 12.1 Å². The van der Waals surface area contributed by atoms with Crippen LogP contribution in [0.3, 0.4) is 0 Å². The lowest BCUT2D eigenvalue weighted by atomic mass is 9.94. The number of carboxylic acids is 1. The van der Waals surface area contributed by atoms with Gasteiger partial charge in [0, 0.05) is 0 Å². The van der Waals surface area contributed by atoms with Crippen molar-refractivity contribution >= 4 is 17.7 Å². The van der Waals surface area contributed by atoms with Crippen LogP contribution in [0.25, 0.3) is 0 Å². The maximum Gasteiger partial charge on any atom is 0.303 e. The van der Waals surface area contributed by atoms with E-state index in [1.807, 2.05) is 0 Å². The van der Waals surface area contributed by atoms with E-state index in [1.54, 1.807) is 11.8 Å². The highest BCUT2D eigenvalue weighted by Gasteiger charge is 2.23. The van der Waals surface area contributed by atoms with Gasteiger partial charge >= 0.3 is 5.97 Å². The zero-order chi connectivity index (χ0) is 8.97. The number of rotatable bonds is 2. The van der Waals surface area contributed by atoms with Crippen LogP contribution in [0, 0.1) is 5.92 Å². The van der Waals surface area contributed by atoms with E-state index in [2.05, 4.69) is 0 Å². The molecule has 0 aromatic carbocycles. The summed E-state index contributed by atoms with van der Waals surface area (Å²) in [5.74, 6) is 1.11. The lowest BCUT2D eigenvalue weighted by Crippen LogP contribution is -2.22. The zero-order valence-electron chi connectivity index (χ0n) is 6.90. The quantitative estimate of drug-likeness (QED) is 0.681. The molecule has 0 unspecified atom stereocenters. The Morgan fingerprint density at radius 3 is 2.75 bits per heavy atom. The van der Waals surface area contributed by atoms with Crippen LogP contribution in [0.5, 0.6) is 0 Å². The molecule has 1 saturated heterocycles. The molecule has 12 heavy (non-hydrogen) atoms. The molecule has 3 nitrogen and oxygen atoms in total. The molecule has 0 bridgehead atoms. The van der Waals surface area contributed by atoms with Gasteiger partial charge in [-0.15, -0.1) is 0 Å². The summed E-state index contributed by atoms with van der Waals surface area (Å²) in [4.78, 5) is 10.4. The van der Waals surface area contributed by atoms with Gasteiger partial charge in [-0.1, -0.05) is 0 Å². The monoisotopic (exact) mass is 190 g/mol. The first kappa shape index (κ1) is 9.86. The van der Waals surface area contributed by atoms with Crippen LogP contribution in [0.2, 0.25) is 0 Å². The molecule has 1 fully saturated rings. The fourth-order valence-corrected chi connectivity index (χ4v) is 2.51. The highest BCUT2D eigenvalue weighted by atomic mass is 32.2. The van der Waals surface area contributed by atoms with E-state index in [-0.39, 0.29) is 12.3 Å². The molecule has 70 valence electrons. The van der Waals surface area contributed by atoms with Gasteiger partial charge in [-0.05, 0) is 30.3 Å². The van der Waals surface area contributed by atoms with E-state index in [4.69, 9.17) is 5.11 Å². The molecule has 0 aliphatic carbocycles. The van der Waals surface area contributed by atoms with Gasteiger partial charge in [0.15, 0.2) is 0 Å². The molecule has 0 radical (unpaired) electrons. The van der Waals surface area contributed by atoms with E-state index in [0.29, 0.717) is 0 Å². The van der Waals surface area contributed by atoms with Crippen molar-refractivity contribution in [1.82, 2.24) is 0 Å². The summed E-state index contributed by atoms with van der Waals surface area (Å²) in [5, 5.41) is 18.1. The number of aliphatic carboxylic acids is 1. The van der Waals surface area contributed by atoms with Crippen molar-refractivity contribution in [2.75, 3.05) is 11.5 Å². The summed E-state index contributed by atoms with van der Waals surface area (Å²) in [5.41, 5.74) is 0. The predicted octanol–water partition coefficient (Wildman–Crippen LogP) is 0.965. The lowest BCUT2D eigenvalue weighted by molar-refractivity contribution is -0.139. The molecular weight excluding hydrogens is 176 g/mol. The summed E-state index contributed by atoms with van der Waals surface area (Å²) >= 11 is 1.80. The van der Waals surface area contributed by atoms with Gasteiger partial charge in [0.25, 0.3) is 0 Å². The SMILES string of the molecule is O=C(O)C[C@H]1CCSCC[C@@H]1O. The van der Waals surface area contributed by atoms with Gasteiger partial charge in [-0.2, -0.15) is 11.8 Å².